The van der Waals surface area contributed by atoms with Gasteiger partial charge >= 0.3 is 6.03 Å². The molecule has 3 rings (SSSR count). The van der Waals surface area contributed by atoms with E-state index in [-0.39, 0.29) is 12.5 Å². The van der Waals surface area contributed by atoms with E-state index in [2.05, 4.69) is 10.6 Å². The Morgan fingerprint density at radius 3 is 2.50 bits per heavy atom. The van der Waals surface area contributed by atoms with Crippen LogP contribution in [0.2, 0.25) is 0 Å². The van der Waals surface area contributed by atoms with E-state index in [4.69, 9.17) is 5.73 Å². The van der Waals surface area contributed by atoms with Crippen LogP contribution in [0.3, 0.4) is 0 Å². The van der Waals surface area contributed by atoms with Gasteiger partial charge in [0.2, 0.25) is 5.91 Å². The van der Waals surface area contributed by atoms with Gasteiger partial charge < -0.3 is 20.9 Å². The number of para-hydroxylation sites is 1. The Balaban J connectivity index is 1.56. The van der Waals surface area contributed by atoms with Crippen LogP contribution in [0.4, 0.5) is 10.5 Å². The summed E-state index contributed by atoms with van der Waals surface area (Å²) in [5, 5.41) is 6.50. The van der Waals surface area contributed by atoms with Gasteiger partial charge in [-0.25, -0.2) is 4.79 Å². The number of carbonyl (C=O) groups is 2. The van der Waals surface area contributed by atoms with E-state index in [1.807, 2.05) is 53.2 Å². The van der Waals surface area contributed by atoms with Gasteiger partial charge in [-0.2, -0.15) is 0 Å². The topological polar surface area (TPSA) is 89.2 Å². The first-order valence-corrected chi connectivity index (χ1v) is 7.58. The minimum absolute atomic E-state index is 0.0595. The van der Waals surface area contributed by atoms with Crippen molar-refractivity contribution < 1.29 is 9.59 Å². The number of rotatable bonds is 5. The van der Waals surface area contributed by atoms with Crippen molar-refractivity contribution in [2.75, 3.05) is 5.32 Å². The summed E-state index contributed by atoms with van der Waals surface area (Å²) < 4.78 is 1.92. The third kappa shape index (κ3) is 3.73. The molecule has 0 bridgehead atoms. The molecule has 0 saturated carbocycles. The van der Waals surface area contributed by atoms with Gasteiger partial charge in [0, 0.05) is 23.9 Å². The Kier molecular flexibility index (Phi) is 4.47. The van der Waals surface area contributed by atoms with Crippen LogP contribution in [0.25, 0.3) is 10.9 Å². The maximum Gasteiger partial charge on any atom is 0.316 e. The molecule has 122 valence electrons. The van der Waals surface area contributed by atoms with Gasteiger partial charge in [0.25, 0.3) is 0 Å². The van der Waals surface area contributed by atoms with Crippen molar-refractivity contribution in [1.29, 1.82) is 0 Å². The van der Waals surface area contributed by atoms with Gasteiger partial charge in [0.15, 0.2) is 0 Å². The van der Waals surface area contributed by atoms with Crippen LogP contribution in [0.5, 0.6) is 0 Å². The number of urea groups is 1. The van der Waals surface area contributed by atoms with Crippen LogP contribution in [0, 0.1) is 0 Å². The first-order valence-electron chi connectivity index (χ1n) is 7.58. The van der Waals surface area contributed by atoms with Gasteiger partial charge in [0.05, 0.1) is 0 Å². The first-order chi connectivity index (χ1) is 11.6. The predicted molar refractivity (Wildman–Crippen MR) is 93.4 cm³/mol. The van der Waals surface area contributed by atoms with E-state index in [1.165, 1.54) is 0 Å². The van der Waals surface area contributed by atoms with E-state index >= 15 is 0 Å². The highest BCUT2D eigenvalue weighted by molar-refractivity contribution is 5.87. The lowest BCUT2D eigenvalue weighted by molar-refractivity contribution is -0.121. The van der Waals surface area contributed by atoms with E-state index in [0.717, 1.165) is 16.5 Å². The molecule has 0 aliphatic rings. The number of aromatic nitrogens is 1. The highest BCUT2D eigenvalue weighted by atomic mass is 16.2. The quantitative estimate of drug-likeness (QED) is 0.673. The van der Waals surface area contributed by atoms with E-state index in [9.17, 15) is 9.59 Å². The number of primary amides is 1. The summed E-state index contributed by atoms with van der Waals surface area (Å²) in [7, 11) is 0. The van der Waals surface area contributed by atoms with Crippen molar-refractivity contribution >= 4 is 28.5 Å². The molecule has 3 aromatic rings. The fraction of sp³-hybridized carbons (Fsp3) is 0.111. The zero-order chi connectivity index (χ0) is 16.9. The number of hydrogen-bond donors (Lipinski definition) is 3. The molecule has 1 heterocycles. The monoisotopic (exact) mass is 322 g/mol. The molecular formula is C18H18N4O2. The highest BCUT2D eigenvalue weighted by Crippen LogP contribution is 2.14. The Morgan fingerprint density at radius 2 is 1.75 bits per heavy atom. The SMILES string of the molecule is NC(=O)Nc1ccc(CNC(=O)Cn2ccc3ccccc32)cc1. The number of nitrogens with zero attached hydrogens (tertiary/aromatic N) is 1. The van der Waals surface area contributed by atoms with Crippen LogP contribution in [-0.2, 0) is 17.9 Å². The van der Waals surface area contributed by atoms with Gasteiger partial charge in [-0.3, -0.25) is 4.79 Å². The predicted octanol–water partition coefficient (Wildman–Crippen LogP) is 2.45. The first kappa shape index (κ1) is 15.6. The molecule has 0 aliphatic heterocycles. The average Bonchev–Trinajstić information content (AvgIpc) is 2.97. The average molecular weight is 322 g/mol. The van der Waals surface area contributed by atoms with Gasteiger partial charge in [-0.15, -0.1) is 0 Å². The maximum absolute atomic E-state index is 12.1. The van der Waals surface area contributed by atoms with Crippen molar-refractivity contribution in [3.63, 3.8) is 0 Å². The smallest absolute Gasteiger partial charge is 0.316 e. The molecule has 0 aliphatic carbocycles. The van der Waals surface area contributed by atoms with Crippen LogP contribution in [-0.4, -0.2) is 16.5 Å². The molecule has 24 heavy (non-hydrogen) atoms. The lowest BCUT2D eigenvalue weighted by Gasteiger charge is -2.08. The maximum atomic E-state index is 12.1. The molecule has 0 fully saturated rings. The van der Waals surface area contributed by atoms with Crippen molar-refractivity contribution in [2.45, 2.75) is 13.1 Å². The summed E-state index contributed by atoms with van der Waals surface area (Å²) in [5.74, 6) is -0.0595. The molecule has 0 unspecified atom stereocenters. The van der Waals surface area contributed by atoms with Gasteiger partial charge in [-0.05, 0) is 35.2 Å². The molecule has 1 aromatic heterocycles. The zero-order valence-electron chi connectivity index (χ0n) is 13.0. The number of carbonyl (C=O) groups excluding carboxylic acids is 2. The molecule has 0 radical (unpaired) electrons. The van der Waals surface area contributed by atoms with Crippen molar-refractivity contribution in [3.8, 4) is 0 Å². The van der Waals surface area contributed by atoms with Crippen LogP contribution < -0.4 is 16.4 Å². The molecule has 6 nitrogen and oxygen atoms in total. The molecule has 0 atom stereocenters. The number of nitrogens with one attached hydrogen (secondary N) is 2. The molecule has 3 amide bonds. The second kappa shape index (κ2) is 6.87. The molecule has 0 spiro atoms. The number of fused-ring (bicyclic) bond motifs is 1. The van der Waals surface area contributed by atoms with Crippen molar-refractivity contribution in [3.05, 3.63) is 66.4 Å². The van der Waals surface area contributed by atoms with Crippen molar-refractivity contribution in [2.24, 2.45) is 5.73 Å². The lowest BCUT2D eigenvalue weighted by Crippen LogP contribution is -2.26. The second-order valence-corrected chi connectivity index (χ2v) is 5.47. The summed E-state index contributed by atoms with van der Waals surface area (Å²) in [6.07, 6.45) is 1.91. The fourth-order valence-corrected chi connectivity index (χ4v) is 2.54. The minimum Gasteiger partial charge on any atom is -0.351 e. The zero-order valence-corrected chi connectivity index (χ0v) is 13.0. The fourth-order valence-electron chi connectivity index (χ4n) is 2.54. The third-order valence-electron chi connectivity index (χ3n) is 3.71. The Hall–Kier alpha value is -3.28. The van der Waals surface area contributed by atoms with Crippen LogP contribution in [0.1, 0.15) is 5.56 Å². The number of hydrogen-bond acceptors (Lipinski definition) is 2. The number of benzene rings is 2. The highest BCUT2D eigenvalue weighted by Gasteiger charge is 2.06. The molecule has 6 heteroatoms. The normalized spacial score (nSPS) is 10.5. The summed E-state index contributed by atoms with van der Waals surface area (Å²) in [6, 6.07) is 16.5. The van der Waals surface area contributed by atoms with Crippen LogP contribution >= 0.6 is 0 Å². The van der Waals surface area contributed by atoms with E-state index in [0.29, 0.717) is 12.2 Å². The summed E-state index contributed by atoms with van der Waals surface area (Å²) in [6.45, 7) is 0.698. The molecular weight excluding hydrogens is 304 g/mol. The number of amides is 3. The molecule has 2 aromatic carbocycles. The molecule has 4 N–H and O–H groups in total. The summed E-state index contributed by atoms with van der Waals surface area (Å²) >= 11 is 0. The Morgan fingerprint density at radius 1 is 1.00 bits per heavy atom. The Labute approximate surface area is 139 Å². The van der Waals surface area contributed by atoms with Gasteiger partial charge in [-0.1, -0.05) is 30.3 Å². The number of nitrogens with two attached hydrogens (primary N) is 1. The largest absolute Gasteiger partial charge is 0.351 e. The van der Waals surface area contributed by atoms with Crippen molar-refractivity contribution in [1.82, 2.24) is 9.88 Å². The second-order valence-electron chi connectivity index (χ2n) is 5.47. The van der Waals surface area contributed by atoms with Crippen LogP contribution in [0.15, 0.2) is 60.8 Å². The summed E-state index contributed by atoms with van der Waals surface area (Å²) in [5.41, 5.74) is 7.65. The van der Waals surface area contributed by atoms with Gasteiger partial charge in [0.1, 0.15) is 6.54 Å². The summed E-state index contributed by atoms with van der Waals surface area (Å²) in [4.78, 5) is 22.9. The Bertz CT molecular complexity index is 868. The van der Waals surface area contributed by atoms with E-state index in [1.54, 1.807) is 12.1 Å². The lowest BCUT2D eigenvalue weighted by atomic mass is 10.2. The third-order valence-corrected chi connectivity index (χ3v) is 3.71. The standard InChI is InChI=1S/C18H18N4O2/c19-18(24)21-15-7-5-13(6-8-15)11-20-17(23)12-22-10-9-14-3-1-2-4-16(14)22/h1-10H,11-12H2,(H,20,23)(H3,19,21,24). The minimum atomic E-state index is -0.602. The molecule has 0 saturated heterocycles. The number of anilines is 1. The van der Waals surface area contributed by atoms with E-state index < -0.39 is 6.03 Å².